The zero-order valence-corrected chi connectivity index (χ0v) is 9.08. The van der Waals surface area contributed by atoms with Gasteiger partial charge in [0.15, 0.2) is 0 Å². The van der Waals surface area contributed by atoms with Crippen LogP contribution in [-0.4, -0.2) is 0 Å². The van der Waals surface area contributed by atoms with Crippen molar-refractivity contribution in [2.45, 2.75) is 32.2 Å². The SMILES string of the molecule is Cc1cc(C2(N)CC2)c(C)c(F)c1Cl. The van der Waals surface area contributed by atoms with E-state index in [2.05, 4.69) is 0 Å². The molecule has 0 spiro atoms. The van der Waals surface area contributed by atoms with Gasteiger partial charge in [0.1, 0.15) is 5.82 Å². The minimum absolute atomic E-state index is 0.218. The lowest BCUT2D eigenvalue weighted by Crippen LogP contribution is -2.21. The third kappa shape index (κ3) is 1.33. The Kier molecular flexibility index (Phi) is 2.09. The van der Waals surface area contributed by atoms with Gasteiger partial charge in [0, 0.05) is 5.54 Å². The molecule has 1 aromatic rings. The first-order valence-electron chi connectivity index (χ1n) is 4.70. The van der Waals surface area contributed by atoms with Gasteiger partial charge in [0.2, 0.25) is 0 Å². The molecule has 3 heteroatoms. The molecule has 0 aromatic heterocycles. The summed E-state index contributed by atoms with van der Waals surface area (Å²) in [5.74, 6) is -0.321. The Morgan fingerprint density at radius 3 is 2.50 bits per heavy atom. The zero-order valence-electron chi connectivity index (χ0n) is 8.32. The second-order valence-corrected chi connectivity index (χ2v) is 4.53. The first-order chi connectivity index (χ1) is 6.46. The maximum Gasteiger partial charge on any atom is 0.145 e. The lowest BCUT2D eigenvalue weighted by Gasteiger charge is -2.15. The van der Waals surface area contributed by atoms with E-state index in [1.807, 2.05) is 6.07 Å². The van der Waals surface area contributed by atoms with E-state index in [1.54, 1.807) is 13.8 Å². The summed E-state index contributed by atoms with van der Waals surface area (Å²) in [4.78, 5) is 0. The van der Waals surface area contributed by atoms with Gasteiger partial charge in [-0.3, -0.25) is 0 Å². The summed E-state index contributed by atoms with van der Waals surface area (Å²) in [6, 6.07) is 1.91. The summed E-state index contributed by atoms with van der Waals surface area (Å²) in [5.41, 5.74) is 8.03. The number of nitrogens with two attached hydrogens (primary N) is 1. The van der Waals surface area contributed by atoms with E-state index in [-0.39, 0.29) is 16.4 Å². The average Bonchev–Trinajstić information content (AvgIpc) is 2.87. The summed E-state index contributed by atoms with van der Waals surface area (Å²) in [6.07, 6.45) is 1.88. The molecule has 2 N–H and O–H groups in total. The van der Waals surface area contributed by atoms with Crippen molar-refractivity contribution in [1.29, 1.82) is 0 Å². The third-order valence-corrected chi connectivity index (χ3v) is 3.42. The Morgan fingerprint density at radius 1 is 1.43 bits per heavy atom. The van der Waals surface area contributed by atoms with Crippen LogP contribution in [0.15, 0.2) is 6.07 Å². The van der Waals surface area contributed by atoms with E-state index in [0.717, 1.165) is 24.0 Å². The molecule has 76 valence electrons. The fourth-order valence-electron chi connectivity index (χ4n) is 1.77. The predicted molar refractivity (Wildman–Crippen MR) is 56.0 cm³/mol. The first kappa shape index (κ1) is 9.94. The van der Waals surface area contributed by atoms with E-state index >= 15 is 0 Å². The van der Waals surface area contributed by atoms with Gasteiger partial charge in [-0.15, -0.1) is 0 Å². The van der Waals surface area contributed by atoms with Crippen molar-refractivity contribution in [3.8, 4) is 0 Å². The number of hydrogen-bond donors (Lipinski definition) is 1. The van der Waals surface area contributed by atoms with Crippen LogP contribution in [0.3, 0.4) is 0 Å². The average molecular weight is 214 g/mol. The summed E-state index contributed by atoms with van der Waals surface area (Å²) in [5, 5.41) is 0.218. The van der Waals surface area contributed by atoms with E-state index in [0.29, 0.717) is 5.56 Å². The van der Waals surface area contributed by atoms with Crippen LogP contribution in [0.4, 0.5) is 4.39 Å². The number of benzene rings is 1. The lowest BCUT2D eigenvalue weighted by molar-refractivity contribution is 0.605. The summed E-state index contributed by atoms with van der Waals surface area (Å²) >= 11 is 5.81. The molecule has 1 aliphatic rings. The van der Waals surface area contributed by atoms with Gasteiger partial charge in [-0.25, -0.2) is 4.39 Å². The second-order valence-electron chi connectivity index (χ2n) is 4.15. The van der Waals surface area contributed by atoms with E-state index in [9.17, 15) is 4.39 Å². The molecule has 1 fully saturated rings. The van der Waals surface area contributed by atoms with Crippen LogP contribution in [-0.2, 0) is 5.54 Å². The molecule has 1 nitrogen and oxygen atoms in total. The molecule has 0 heterocycles. The van der Waals surface area contributed by atoms with Gasteiger partial charge in [0.05, 0.1) is 5.02 Å². The minimum Gasteiger partial charge on any atom is -0.321 e. The highest BCUT2D eigenvalue weighted by atomic mass is 35.5. The van der Waals surface area contributed by atoms with Gasteiger partial charge in [-0.1, -0.05) is 17.7 Å². The van der Waals surface area contributed by atoms with Crippen LogP contribution >= 0.6 is 11.6 Å². The first-order valence-corrected chi connectivity index (χ1v) is 5.08. The van der Waals surface area contributed by atoms with Crippen LogP contribution in [0.25, 0.3) is 0 Å². The van der Waals surface area contributed by atoms with Gasteiger partial charge in [-0.05, 0) is 43.4 Å². The topological polar surface area (TPSA) is 26.0 Å². The molecule has 0 amide bonds. The van der Waals surface area contributed by atoms with Crippen molar-refractivity contribution >= 4 is 11.6 Å². The molecule has 0 unspecified atom stereocenters. The monoisotopic (exact) mass is 213 g/mol. The molecule has 14 heavy (non-hydrogen) atoms. The van der Waals surface area contributed by atoms with Crippen molar-refractivity contribution in [1.82, 2.24) is 0 Å². The molecule has 0 atom stereocenters. The van der Waals surface area contributed by atoms with E-state index < -0.39 is 0 Å². The molecule has 0 aliphatic heterocycles. The Hall–Kier alpha value is -0.600. The van der Waals surface area contributed by atoms with Crippen LogP contribution in [0.5, 0.6) is 0 Å². The summed E-state index contributed by atoms with van der Waals surface area (Å²) in [6.45, 7) is 3.54. The number of aryl methyl sites for hydroxylation is 1. The highest BCUT2D eigenvalue weighted by molar-refractivity contribution is 6.31. The van der Waals surface area contributed by atoms with Crippen molar-refractivity contribution < 1.29 is 4.39 Å². The predicted octanol–water partition coefficient (Wildman–Crippen LogP) is 3.04. The van der Waals surface area contributed by atoms with Gasteiger partial charge in [-0.2, -0.15) is 0 Å². The molecule has 2 rings (SSSR count). The largest absolute Gasteiger partial charge is 0.321 e. The quantitative estimate of drug-likeness (QED) is 0.763. The van der Waals surface area contributed by atoms with Crippen molar-refractivity contribution in [3.05, 3.63) is 33.6 Å². The third-order valence-electron chi connectivity index (χ3n) is 2.96. The Labute approximate surface area is 88.1 Å². The number of hydrogen-bond acceptors (Lipinski definition) is 1. The standard InChI is InChI=1S/C11H13ClFN/c1-6-5-8(11(14)3-4-11)7(2)10(13)9(6)12/h5H,3-4,14H2,1-2H3. The number of rotatable bonds is 1. The maximum absolute atomic E-state index is 13.6. The van der Waals surface area contributed by atoms with Crippen LogP contribution in [0.1, 0.15) is 29.5 Å². The smallest absolute Gasteiger partial charge is 0.145 e. The summed E-state index contributed by atoms with van der Waals surface area (Å²) in [7, 11) is 0. The Balaban J connectivity index is 2.62. The molecule has 0 saturated heterocycles. The van der Waals surface area contributed by atoms with E-state index in [4.69, 9.17) is 17.3 Å². The van der Waals surface area contributed by atoms with Crippen molar-refractivity contribution in [2.24, 2.45) is 5.73 Å². The second kappa shape index (κ2) is 2.94. The van der Waals surface area contributed by atoms with Gasteiger partial charge >= 0.3 is 0 Å². The van der Waals surface area contributed by atoms with Crippen LogP contribution in [0, 0.1) is 19.7 Å². The molecule has 1 saturated carbocycles. The fraction of sp³-hybridized carbons (Fsp3) is 0.455. The minimum atomic E-state index is -0.321. The Bertz CT molecular complexity index is 397. The maximum atomic E-state index is 13.6. The molecule has 1 aliphatic carbocycles. The Morgan fingerprint density at radius 2 is 2.00 bits per heavy atom. The number of halogens is 2. The molecular formula is C11H13ClFN. The zero-order chi connectivity index (χ0) is 10.5. The van der Waals surface area contributed by atoms with Crippen LogP contribution < -0.4 is 5.73 Å². The highest BCUT2D eigenvalue weighted by Gasteiger charge is 2.41. The molecule has 0 bridgehead atoms. The lowest BCUT2D eigenvalue weighted by atomic mass is 9.97. The fourth-order valence-corrected chi connectivity index (χ4v) is 1.96. The molecular weight excluding hydrogens is 201 g/mol. The van der Waals surface area contributed by atoms with E-state index in [1.165, 1.54) is 0 Å². The molecule has 1 aromatic carbocycles. The van der Waals surface area contributed by atoms with Gasteiger partial charge in [0.25, 0.3) is 0 Å². The van der Waals surface area contributed by atoms with Crippen LogP contribution in [0.2, 0.25) is 5.02 Å². The molecule has 0 radical (unpaired) electrons. The summed E-state index contributed by atoms with van der Waals surface area (Å²) < 4.78 is 13.6. The highest BCUT2D eigenvalue weighted by Crippen LogP contribution is 2.45. The van der Waals surface area contributed by atoms with Gasteiger partial charge < -0.3 is 5.73 Å². The van der Waals surface area contributed by atoms with Crippen molar-refractivity contribution in [2.75, 3.05) is 0 Å². The van der Waals surface area contributed by atoms with Crippen molar-refractivity contribution in [3.63, 3.8) is 0 Å². The normalized spacial score (nSPS) is 18.4.